The first-order valence-corrected chi connectivity index (χ1v) is 7.54. The lowest BCUT2D eigenvalue weighted by molar-refractivity contribution is 0.122. The molecule has 1 aromatic heterocycles. The molecule has 2 aliphatic rings. The van der Waals surface area contributed by atoms with Gasteiger partial charge >= 0.3 is 0 Å². The van der Waals surface area contributed by atoms with E-state index < -0.39 is 0 Å². The predicted molar refractivity (Wildman–Crippen MR) is 80.2 cm³/mol. The Morgan fingerprint density at radius 3 is 2.00 bits per heavy atom. The van der Waals surface area contributed by atoms with Crippen molar-refractivity contribution in [1.29, 1.82) is 0 Å². The standard InChI is InChI=1S/C14H23N5O/c15-12-13(18-5-3-1-2-4-6-18)16-11-17-14(12)19-7-9-20-10-8-19/h11H,1-10,15H2. The second-order valence-corrected chi connectivity index (χ2v) is 5.44. The van der Waals surface area contributed by atoms with Gasteiger partial charge in [-0.25, -0.2) is 9.97 Å². The van der Waals surface area contributed by atoms with Gasteiger partial charge in [-0.05, 0) is 12.8 Å². The van der Waals surface area contributed by atoms with Gasteiger partial charge in [-0.3, -0.25) is 0 Å². The number of hydrogen-bond acceptors (Lipinski definition) is 6. The molecular weight excluding hydrogens is 254 g/mol. The van der Waals surface area contributed by atoms with Crippen LogP contribution in [0.25, 0.3) is 0 Å². The first-order chi connectivity index (χ1) is 9.86. The van der Waals surface area contributed by atoms with E-state index in [4.69, 9.17) is 10.5 Å². The number of nitrogens with two attached hydrogens (primary N) is 1. The second-order valence-electron chi connectivity index (χ2n) is 5.44. The molecule has 0 spiro atoms. The minimum atomic E-state index is 0.719. The maximum absolute atomic E-state index is 6.35. The maximum Gasteiger partial charge on any atom is 0.157 e. The van der Waals surface area contributed by atoms with Crippen LogP contribution in [0, 0.1) is 0 Å². The molecule has 0 amide bonds. The van der Waals surface area contributed by atoms with Gasteiger partial charge in [-0.15, -0.1) is 0 Å². The highest BCUT2D eigenvalue weighted by atomic mass is 16.5. The molecule has 2 N–H and O–H groups in total. The molecule has 2 aliphatic heterocycles. The minimum Gasteiger partial charge on any atom is -0.393 e. The highest BCUT2D eigenvalue weighted by molar-refractivity contribution is 5.75. The molecule has 110 valence electrons. The fraction of sp³-hybridized carbons (Fsp3) is 0.714. The summed E-state index contributed by atoms with van der Waals surface area (Å²) < 4.78 is 5.39. The molecule has 0 radical (unpaired) electrons. The van der Waals surface area contributed by atoms with Gasteiger partial charge in [0.05, 0.1) is 13.2 Å². The molecule has 0 aliphatic carbocycles. The molecule has 0 atom stereocenters. The van der Waals surface area contributed by atoms with Crippen molar-refractivity contribution in [3.63, 3.8) is 0 Å². The van der Waals surface area contributed by atoms with Gasteiger partial charge in [0.2, 0.25) is 0 Å². The van der Waals surface area contributed by atoms with Crippen LogP contribution in [0.2, 0.25) is 0 Å². The number of ether oxygens (including phenoxy) is 1. The van der Waals surface area contributed by atoms with Crippen molar-refractivity contribution in [2.45, 2.75) is 25.7 Å². The van der Waals surface area contributed by atoms with Crippen LogP contribution in [-0.2, 0) is 4.74 Å². The summed E-state index contributed by atoms with van der Waals surface area (Å²) in [7, 11) is 0. The number of morpholine rings is 1. The summed E-state index contributed by atoms with van der Waals surface area (Å²) in [4.78, 5) is 13.3. The van der Waals surface area contributed by atoms with Gasteiger partial charge in [0.15, 0.2) is 11.6 Å². The summed E-state index contributed by atoms with van der Waals surface area (Å²) in [5, 5.41) is 0. The van der Waals surface area contributed by atoms with E-state index in [9.17, 15) is 0 Å². The van der Waals surface area contributed by atoms with E-state index in [0.717, 1.165) is 56.7 Å². The van der Waals surface area contributed by atoms with Gasteiger partial charge in [0.25, 0.3) is 0 Å². The lowest BCUT2D eigenvalue weighted by Gasteiger charge is -2.30. The molecule has 1 aromatic rings. The molecule has 0 aromatic carbocycles. The number of rotatable bonds is 2. The Kier molecular flexibility index (Phi) is 4.20. The van der Waals surface area contributed by atoms with Crippen LogP contribution < -0.4 is 15.5 Å². The van der Waals surface area contributed by atoms with E-state index in [1.54, 1.807) is 6.33 Å². The van der Waals surface area contributed by atoms with E-state index in [0.29, 0.717) is 0 Å². The Labute approximate surface area is 119 Å². The van der Waals surface area contributed by atoms with Crippen LogP contribution in [0.1, 0.15) is 25.7 Å². The Bertz CT molecular complexity index is 439. The van der Waals surface area contributed by atoms with Crippen LogP contribution >= 0.6 is 0 Å². The van der Waals surface area contributed by atoms with Gasteiger partial charge in [0.1, 0.15) is 12.0 Å². The molecule has 20 heavy (non-hydrogen) atoms. The Balaban J connectivity index is 1.83. The second kappa shape index (κ2) is 6.26. The molecule has 6 heteroatoms. The Morgan fingerprint density at radius 1 is 0.850 bits per heavy atom. The van der Waals surface area contributed by atoms with Crippen LogP contribution in [0.5, 0.6) is 0 Å². The molecule has 2 fully saturated rings. The number of nitrogens with zero attached hydrogens (tertiary/aromatic N) is 4. The number of aromatic nitrogens is 2. The van der Waals surface area contributed by atoms with E-state index >= 15 is 0 Å². The van der Waals surface area contributed by atoms with E-state index in [1.807, 2.05) is 0 Å². The molecule has 3 heterocycles. The van der Waals surface area contributed by atoms with E-state index in [-0.39, 0.29) is 0 Å². The number of nitrogen functional groups attached to an aromatic ring is 1. The topological polar surface area (TPSA) is 67.5 Å². The quantitative estimate of drug-likeness (QED) is 0.878. The summed E-state index contributed by atoms with van der Waals surface area (Å²) >= 11 is 0. The average Bonchev–Trinajstić information content (AvgIpc) is 2.77. The fourth-order valence-corrected chi connectivity index (χ4v) is 2.94. The zero-order chi connectivity index (χ0) is 13.8. The van der Waals surface area contributed by atoms with Crippen molar-refractivity contribution in [2.75, 3.05) is 54.9 Å². The lowest BCUT2D eigenvalue weighted by atomic mass is 10.2. The maximum atomic E-state index is 6.35. The van der Waals surface area contributed by atoms with Crippen LogP contribution in [0.3, 0.4) is 0 Å². The third kappa shape index (κ3) is 2.80. The summed E-state index contributed by atoms with van der Waals surface area (Å²) in [5.74, 6) is 1.77. The smallest absolute Gasteiger partial charge is 0.157 e. The van der Waals surface area contributed by atoms with Crippen molar-refractivity contribution in [3.8, 4) is 0 Å². The average molecular weight is 277 g/mol. The molecule has 2 saturated heterocycles. The van der Waals surface area contributed by atoms with Crippen molar-refractivity contribution in [1.82, 2.24) is 9.97 Å². The van der Waals surface area contributed by atoms with Gasteiger partial charge in [-0.1, -0.05) is 12.8 Å². The van der Waals surface area contributed by atoms with Crippen LogP contribution in [0.4, 0.5) is 17.3 Å². The van der Waals surface area contributed by atoms with Gasteiger partial charge in [-0.2, -0.15) is 0 Å². The third-order valence-electron chi connectivity index (χ3n) is 4.06. The normalized spacial score (nSPS) is 20.8. The third-order valence-corrected chi connectivity index (χ3v) is 4.06. The molecule has 0 saturated carbocycles. The highest BCUT2D eigenvalue weighted by Crippen LogP contribution is 2.30. The number of anilines is 3. The molecule has 3 rings (SSSR count). The monoisotopic (exact) mass is 277 g/mol. The number of hydrogen-bond donors (Lipinski definition) is 1. The van der Waals surface area contributed by atoms with Gasteiger partial charge < -0.3 is 20.3 Å². The first kappa shape index (κ1) is 13.4. The highest BCUT2D eigenvalue weighted by Gasteiger charge is 2.21. The zero-order valence-electron chi connectivity index (χ0n) is 11.9. The predicted octanol–water partition coefficient (Wildman–Crippen LogP) is 1.28. The summed E-state index contributed by atoms with van der Waals surface area (Å²) in [6.07, 6.45) is 6.68. The molecular formula is C14H23N5O. The SMILES string of the molecule is Nc1c(N2CCCCCC2)ncnc1N1CCOCC1. The van der Waals surface area contributed by atoms with Crippen molar-refractivity contribution < 1.29 is 4.74 Å². The van der Waals surface area contributed by atoms with E-state index in [2.05, 4.69) is 19.8 Å². The van der Waals surface area contributed by atoms with Gasteiger partial charge in [0, 0.05) is 26.2 Å². The van der Waals surface area contributed by atoms with Crippen molar-refractivity contribution in [3.05, 3.63) is 6.33 Å². The van der Waals surface area contributed by atoms with Crippen molar-refractivity contribution in [2.24, 2.45) is 0 Å². The fourth-order valence-electron chi connectivity index (χ4n) is 2.94. The zero-order valence-corrected chi connectivity index (χ0v) is 11.9. The summed E-state index contributed by atoms with van der Waals surface area (Å²) in [6, 6.07) is 0. The molecule has 0 bridgehead atoms. The summed E-state index contributed by atoms with van der Waals surface area (Å²) in [5.41, 5.74) is 7.07. The van der Waals surface area contributed by atoms with E-state index in [1.165, 1.54) is 25.7 Å². The lowest BCUT2D eigenvalue weighted by Crippen LogP contribution is -2.37. The van der Waals surface area contributed by atoms with Crippen LogP contribution in [-0.4, -0.2) is 49.4 Å². The molecule has 6 nitrogen and oxygen atoms in total. The summed E-state index contributed by atoms with van der Waals surface area (Å²) in [6.45, 7) is 5.26. The van der Waals surface area contributed by atoms with Crippen LogP contribution in [0.15, 0.2) is 6.33 Å². The Hall–Kier alpha value is -1.56. The largest absolute Gasteiger partial charge is 0.393 e. The first-order valence-electron chi connectivity index (χ1n) is 7.54. The molecule has 0 unspecified atom stereocenters. The minimum absolute atomic E-state index is 0.719. The van der Waals surface area contributed by atoms with Crippen molar-refractivity contribution >= 4 is 17.3 Å². The Morgan fingerprint density at radius 2 is 1.40 bits per heavy atom.